The Morgan fingerprint density at radius 2 is 2.05 bits per heavy atom. The molecule has 0 radical (unpaired) electrons. The largest absolute Gasteiger partial charge is 0.480 e. The predicted octanol–water partition coefficient (Wildman–Crippen LogP) is 2.45. The van der Waals surface area contributed by atoms with Gasteiger partial charge in [-0.15, -0.1) is 0 Å². The molecule has 0 aromatic heterocycles. The molecule has 0 heterocycles. The third kappa shape index (κ3) is 4.20. The number of aliphatic carboxylic acids is 1. The van der Waals surface area contributed by atoms with Crippen LogP contribution < -0.4 is 5.32 Å². The standard InChI is InChI=1S/C12H13F4NO2/c1-17-10(11(18)19)5-3-7-2-4-8(6-9(7)13)12(14,15)16/h2,4,6,10,17H,3,5H2,1H3,(H,18,19). The second-order valence-corrected chi connectivity index (χ2v) is 4.02. The number of alkyl halides is 3. The summed E-state index contributed by atoms with van der Waals surface area (Å²) in [5.41, 5.74) is -0.994. The van der Waals surface area contributed by atoms with Gasteiger partial charge in [-0.2, -0.15) is 13.2 Å². The fourth-order valence-electron chi connectivity index (χ4n) is 1.62. The van der Waals surface area contributed by atoms with Crippen molar-refractivity contribution < 1.29 is 27.5 Å². The number of aryl methyl sites for hydroxylation is 1. The van der Waals surface area contributed by atoms with Gasteiger partial charge in [-0.1, -0.05) is 6.07 Å². The molecule has 0 aliphatic rings. The normalized spacial score (nSPS) is 13.3. The second kappa shape index (κ2) is 6.01. The molecule has 0 amide bonds. The zero-order chi connectivity index (χ0) is 14.6. The first-order valence-electron chi connectivity index (χ1n) is 5.51. The van der Waals surface area contributed by atoms with Crippen LogP contribution in [-0.4, -0.2) is 24.2 Å². The molecular weight excluding hydrogens is 266 g/mol. The maximum Gasteiger partial charge on any atom is 0.416 e. The van der Waals surface area contributed by atoms with Gasteiger partial charge in [-0.3, -0.25) is 4.79 Å². The monoisotopic (exact) mass is 279 g/mol. The number of rotatable bonds is 5. The van der Waals surface area contributed by atoms with Crippen molar-refractivity contribution in [3.05, 3.63) is 35.1 Å². The van der Waals surface area contributed by atoms with E-state index in [2.05, 4.69) is 5.32 Å². The summed E-state index contributed by atoms with van der Waals surface area (Å²) < 4.78 is 50.4. The minimum Gasteiger partial charge on any atom is -0.480 e. The van der Waals surface area contributed by atoms with Crippen LogP contribution in [0.25, 0.3) is 0 Å². The summed E-state index contributed by atoms with van der Waals surface area (Å²) in [6.07, 6.45) is -4.45. The van der Waals surface area contributed by atoms with Gasteiger partial charge in [0, 0.05) is 0 Å². The molecule has 0 aliphatic heterocycles. The van der Waals surface area contributed by atoms with Crippen LogP contribution in [0.5, 0.6) is 0 Å². The molecule has 0 aliphatic carbocycles. The molecule has 7 heteroatoms. The van der Waals surface area contributed by atoms with Crippen LogP contribution in [0.15, 0.2) is 18.2 Å². The van der Waals surface area contributed by atoms with Gasteiger partial charge < -0.3 is 10.4 Å². The van der Waals surface area contributed by atoms with Crippen molar-refractivity contribution in [3.63, 3.8) is 0 Å². The van der Waals surface area contributed by atoms with Crippen LogP contribution >= 0.6 is 0 Å². The van der Waals surface area contributed by atoms with E-state index in [9.17, 15) is 22.4 Å². The van der Waals surface area contributed by atoms with E-state index in [0.29, 0.717) is 6.07 Å². The van der Waals surface area contributed by atoms with Crippen molar-refractivity contribution in [1.82, 2.24) is 5.32 Å². The van der Waals surface area contributed by atoms with Crippen molar-refractivity contribution in [2.75, 3.05) is 7.05 Å². The first-order valence-corrected chi connectivity index (χ1v) is 5.51. The minimum atomic E-state index is -4.59. The van der Waals surface area contributed by atoms with Crippen LogP contribution in [0.1, 0.15) is 17.5 Å². The molecular formula is C12H13F4NO2. The number of carboxylic acids is 1. The smallest absolute Gasteiger partial charge is 0.416 e. The Morgan fingerprint density at radius 1 is 1.42 bits per heavy atom. The SMILES string of the molecule is CNC(CCc1ccc(C(F)(F)F)cc1F)C(=O)O. The summed E-state index contributed by atoms with van der Waals surface area (Å²) >= 11 is 0. The lowest BCUT2D eigenvalue weighted by Crippen LogP contribution is -2.34. The maximum absolute atomic E-state index is 13.5. The van der Waals surface area contributed by atoms with E-state index in [4.69, 9.17) is 5.11 Å². The number of hydrogen-bond donors (Lipinski definition) is 2. The zero-order valence-electron chi connectivity index (χ0n) is 10.1. The molecule has 0 bridgehead atoms. The van der Waals surface area contributed by atoms with Crippen molar-refractivity contribution in [2.24, 2.45) is 0 Å². The highest BCUT2D eigenvalue weighted by atomic mass is 19.4. The molecule has 0 saturated carbocycles. The number of benzene rings is 1. The van der Waals surface area contributed by atoms with Crippen molar-refractivity contribution in [2.45, 2.75) is 25.1 Å². The van der Waals surface area contributed by atoms with E-state index in [1.807, 2.05) is 0 Å². The number of carboxylic acid groups (broad SMARTS) is 1. The summed E-state index contributed by atoms with van der Waals surface area (Å²) in [5.74, 6) is -2.06. The van der Waals surface area contributed by atoms with Crippen LogP contribution in [-0.2, 0) is 17.4 Å². The average molecular weight is 279 g/mol. The molecule has 2 N–H and O–H groups in total. The first-order chi connectivity index (χ1) is 8.75. The van der Waals surface area contributed by atoms with Crippen molar-refractivity contribution in [3.8, 4) is 0 Å². The van der Waals surface area contributed by atoms with Crippen LogP contribution in [0.2, 0.25) is 0 Å². The number of carbonyl (C=O) groups is 1. The third-order valence-corrected chi connectivity index (χ3v) is 2.73. The number of halogens is 4. The summed E-state index contributed by atoms with van der Waals surface area (Å²) in [6, 6.07) is 1.38. The average Bonchev–Trinajstić information content (AvgIpc) is 2.29. The van der Waals surface area contributed by atoms with E-state index < -0.39 is 29.6 Å². The van der Waals surface area contributed by atoms with Crippen LogP contribution in [0.3, 0.4) is 0 Å². The third-order valence-electron chi connectivity index (χ3n) is 2.73. The molecule has 3 nitrogen and oxygen atoms in total. The van der Waals surface area contributed by atoms with Gasteiger partial charge >= 0.3 is 12.1 Å². The predicted molar refractivity (Wildman–Crippen MR) is 60.2 cm³/mol. The second-order valence-electron chi connectivity index (χ2n) is 4.02. The van der Waals surface area contributed by atoms with Gasteiger partial charge in [0.15, 0.2) is 0 Å². The van der Waals surface area contributed by atoms with Gasteiger partial charge in [-0.05, 0) is 37.6 Å². The van der Waals surface area contributed by atoms with Crippen LogP contribution in [0, 0.1) is 5.82 Å². The fourth-order valence-corrected chi connectivity index (χ4v) is 1.62. The van der Waals surface area contributed by atoms with Gasteiger partial charge in [-0.25, -0.2) is 4.39 Å². The Hall–Kier alpha value is -1.63. The highest BCUT2D eigenvalue weighted by Gasteiger charge is 2.31. The summed E-state index contributed by atoms with van der Waals surface area (Å²) in [6.45, 7) is 0. The van der Waals surface area contributed by atoms with Gasteiger partial charge in [0.05, 0.1) is 5.56 Å². The molecule has 1 aromatic carbocycles. The lowest BCUT2D eigenvalue weighted by molar-refractivity contribution is -0.139. The number of hydrogen-bond acceptors (Lipinski definition) is 2. The number of likely N-dealkylation sites (N-methyl/N-ethyl adjacent to an activating group) is 1. The zero-order valence-corrected chi connectivity index (χ0v) is 10.1. The Labute approximate surface area is 107 Å². The van der Waals surface area contributed by atoms with E-state index in [0.717, 1.165) is 12.1 Å². The molecule has 19 heavy (non-hydrogen) atoms. The van der Waals surface area contributed by atoms with E-state index >= 15 is 0 Å². The van der Waals surface area contributed by atoms with Crippen molar-refractivity contribution >= 4 is 5.97 Å². The van der Waals surface area contributed by atoms with Gasteiger partial charge in [0.1, 0.15) is 11.9 Å². The Kier molecular flexibility index (Phi) is 4.88. The molecule has 1 unspecified atom stereocenters. The van der Waals surface area contributed by atoms with E-state index in [1.165, 1.54) is 7.05 Å². The molecule has 0 fully saturated rings. The quantitative estimate of drug-likeness (QED) is 0.814. The lowest BCUT2D eigenvalue weighted by Gasteiger charge is -2.12. The lowest BCUT2D eigenvalue weighted by atomic mass is 10.0. The molecule has 0 saturated heterocycles. The Balaban J connectivity index is 2.78. The Morgan fingerprint density at radius 3 is 2.47 bits per heavy atom. The van der Waals surface area contributed by atoms with E-state index in [-0.39, 0.29) is 18.4 Å². The summed E-state index contributed by atoms with van der Waals surface area (Å²) in [4.78, 5) is 10.7. The fraction of sp³-hybridized carbons (Fsp3) is 0.417. The minimum absolute atomic E-state index is 0.0434. The summed E-state index contributed by atoms with van der Waals surface area (Å²) in [5, 5.41) is 11.3. The van der Waals surface area contributed by atoms with Crippen molar-refractivity contribution in [1.29, 1.82) is 0 Å². The van der Waals surface area contributed by atoms with E-state index in [1.54, 1.807) is 0 Å². The molecule has 106 valence electrons. The molecule has 1 atom stereocenters. The first kappa shape index (κ1) is 15.4. The van der Waals surface area contributed by atoms with Gasteiger partial charge in [0.2, 0.25) is 0 Å². The maximum atomic E-state index is 13.5. The summed E-state index contributed by atoms with van der Waals surface area (Å²) in [7, 11) is 1.45. The van der Waals surface area contributed by atoms with Crippen LogP contribution in [0.4, 0.5) is 17.6 Å². The molecule has 0 spiro atoms. The van der Waals surface area contributed by atoms with Gasteiger partial charge in [0.25, 0.3) is 0 Å². The Bertz CT molecular complexity index is 460. The highest BCUT2D eigenvalue weighted by molar-refractivity contribution is 5.73. The molecule has 1 aromatic rings. The molecule has 1 rings (SSSR count). The number of nitrogens with one attached hydrogen (secondary N) is 1. The topological polar surface area (TPSA) is 49.3 Å². The highest BCUT2D eigenvalue weighted by Crippen LogP contribution is 2.30.